The van der Waals surface area contributed by atoms with E-state index in [0.717, 1.165) is 18.2 Å². The maximum Gasteiger partial charge on any atom is 0.335 e. The molecule has 0 bridgehead atoms. The Balaban J connectivity index is 2.09. The monoisotopic (exact) mass is 369 g/mol. The zero-order valence-electron chi connectivity index (χ0n) is 13.4. The van der Waals surface area contributed by atoms with E-state index in [1.54, 1.807) is 0 Å². The number of carboxylic acids is 1. The van der Waals surface area contributed by atoms with Crippen LogP contribution in [0.2, 0.25) is 0 Å². The molecule has 0 unspecified atom stereocenters. The summed E-state index contributed by atoms with van der Waals surface area (Å²) in [6.45, 7) is 0. The predicted molar refractivity (Wildman–Crippen MR) is 86.2 cm³/mol. The topological polar surface area (TPSA) is 188 Å². The van der Waals surface area contributed by atoms with E-state index in [4.69, 9.17) is 5.11 Å². The van der Waals surface area contributed by atoms with Crippen LogP contribution < -0.4 is 5.32 Å². The molecule has 26 heavy (non-hydrogen) atoms. The van der Waals surface area contributed by atoms with E-state index in [2.05, 4.69) is 5.32 Å². The first kappa shape index (κ1) is 19.5. The largest absolute Gasteiger partial charge is 0.504 e. The number of phenolic OH excluding ortho intramolecular Hbond substituents is 3. The molecule has 0 saturated heterocycles. The Labute approximate surface area is 147 Å². The number of aliphatic hydroxyl groups is 3. The van der Waals surface area contributed by atoms with Gasteiger partial charge in [-0.25, -0.2) is 4.79 Å². The van der Waals surface area contributed by atoms with Crippen LogP contribution in [0.1, 0.15) is 18.4 Å². The van der Waals surface area contributed by atoms with Gasteiger partial charge < -0.3 is 41.1 Å². The van der Waals surface area contributed by atoms with Gasteiger partial charge in [0.1, 0.15) is 6.10 Å². The number of benzene rings is 1. The number of nitrogens with one attached hydrogen (secondary N) is 1. The van der Waals surface area contributed by atoms with Crippen molar-refractivity contribution in [2.24, 2.45) is 0 Å². The molecule has 1 amide bonds. The summed E-state index contributed by atoms with van der Waals surface area (Å²) >= 11 is 0. The van der Waals surface area contributed by atoms with Crippen LogP contribution in [0, 0.1) is 0 Å². The molecule has 0 aromatic heterocycles. The number of aliphatic carboxylic acids is 1. The smallest absolute Gasteiger partial charge is 0.335 e. The molecule has 0 aliphatic heterocycles. The number of phenols is 3. The number of carbonyl (C=O) groups is 2. The molecule has 10 nitrogen and oxygen atoms in total. The van der Waals surface area contributed by atoms with E-state index >= 15 is 0 Å². The summed E-state index contributed by atoms with van der Waals surface area (Å²) < 4.78 is 0. The van der Waals surface area contributed by atoms with Crippen molar-refractivity contribution in [2.75, 3.05) is 0 Å². The number of aliphatic hydroxyl groups excluding tert-OH is 2. The number of carbonyl (C=O) groups excluding carboxylic acids is 1. The molecule has 1 fully saturated rings. The Bertz CT molecular complexity index is 724. The van der Waals surface area contributed by atoms with Crippen LogP contribution in [0.5, 0.6) is 17.2 Å². The standard InChI is InChI=1S/C16H19NO9/c18-9-3-7(4-10(19)14(9)23)1-2-12(21)17-8-5-16(26,15(24)25)6-11(20)13(8)22/h1-4,8,11,13,18-20,22-23,26H,5-6H2,(H,17,21)(H,24,25)/b2-1+/t8-,11+,13-,16+/m0/s1. The van der Waals surface area contributed by atoms with Crippen LogP contribution in [-0.2, 0) is 9.59 Å². The molecule has 142 valence electrons. The summed E-state index contributed by atoms with van der Waals surface area (Å²) in [6.07, 6.45) is -1.92. The van der Waals surface area contributed by atoms with Gasteiger partial charge in [-0.05, 0) is 23.8 Å². The Hall–Kier alpha value is -2.82. The Morgan fingerprint density at radius 1 is 1.12 bits per heavy atom. The molecule has 1 aliphatic carbocycles. The number of carboxylic acid groups (broad SMARTS) is 1. The number of hydrogen-bond donors (Lipinski definition) is 8. The van der Waals surface area contributed by atoms with Crippen LogP contribution >= 0.6 is 0 Å². The summed E-state index contributed by atoms with van der Waals surface area (Å²) in [5, 5.41) is 69.0. The molecule has 1 saturated carbocycles. The highest BCUT2D eigenvalue weighted by atomic mass is 16.4. The normalized spacial score (nSPS) is 28.8. The van der Waals surface area contributed by atoms with Gasteiger partial charge in [0.2, 0.25) is 5.91 Å². The zero-order chi connectivity index (χ0) is 19.6. The van der Waals surface area contributed by atoms with Crippen LogP contribution in [-0.4, -0.2) is 71.5 Å². The fourth-order valence-corrected chi connectivity index (χ4v) is 2.74. The lowest BCUT2D eigenvalue weighted by Crippen LogP contribution is -2.60. The van der Waals surface area contributed by atoms with Gasteiger partial charge in [-0.2, -0.15) is 0 Å². The van der Waals surface area contributed by atoms with E-state index in [-0.39, 0.29) is 5.56 Å². The molecular weight excluding hydrogens is 350 g/mol. The third-order valence-electron chi connectivity index (χ3n) is 4.16. The van der Waals surface area contributed by atoms with Crippen LogP contribution in [0.15, 0.2) is 18.2 Å². The number of rotatable bonds is 4. The molecule has 2 rings (SSSR count). The zero-order valence-corrected chi connectivity index (χ0v) is 13.4. The first-order valence-corrected chi connectivity index (χ1v) is 7.59. The highest BCUT2D eigenvalue weighted by Gasteiger charge is 2.49. The van der Waals surface area contributed by atoms with Gasteiger partial charge in [-0.1, -0.05) is 0 Å². The SMILES string of the molecule is O=C(/C=C/c1cc(O)c(O)c(O)c1)N[C@H]1C[C@](O)(C(=O)O)C[C@@H](O)[C@H]1O. The second-order valence-electron chi connectivity index (χ2n) is 6.16. The van der Waals surface area contributed by atoms with E-state index < -0.39 is 65.8 Å². The molecule has 1 aromatic rings. The van der Waals surface area contributed by atoms with Crippen molar-refractivity contribution in [3.63, 3.8) is 0 Å². The highest BCUT2D eigenvalue weighted by Crippen LogP contribution is 2.35. The third-order valence-corrected chi connectivity index (χ3v) is 4.16. The molecule has 8 N–H and O–H groups in total. The Morgan fingerprint density at radius 3 is 2.23 bits per heavy atom. The van der Waals surface area contributed by atoms with Gasteiger partial charge in [-0.3, -0.25) is 4.79 Å². The van der Waals surface area contributed by atoms with Crippen molar-refractivity contribution < 1.29 is 45.3 Å². The van der Waals surface area contributed by atoms with Gasteiger partial charge in [0, 0.05) is 18.9 Å². The van der Waals surface area contributed by atoms with E-state index in [1.165, 1.54) is 6.08 Å². The average molecular weight is 369 g/mol. The molecule has 1 aromatic carbocycles. The predicted octanol–water partition coefficient (Wildman–Crippen LogP) is -1.37. The van der Waals surface area contributed by atoms with Crippen molar-refractivity contribution in [2.45, 2.75) is 36.7 Å². The van der Waals surface area contributed by atoms with Crippen molar-refractivity contribution >= 4 is 18.0 Å². The maximum absolute atomic E-state index is 12.0. The van der Waals surface area contributed by atoms with Crippen LogP contribution in [0.25, 0.3) is 6.08 Å². The fourth-order valence-electron chi connectivity index (χ4n) is 2.74. The second kappa shape index (κ2) is 7.20. The summed E-state index contributed by atoms with van der Waals surface area (Å²) in [4.78, 5) is 23.1. The number of hydrogen-bond acceptors (Lipinski definition) is 8. The number of amides is 1. The van der Waals surface area contributed by atoms with Gasteiger partial charge in [-0.15, -0.1) is 0 Å². The lowest BCUT2D eigenvalue weighted by molar-refractivity contribution is -0.175. The Kier molecular flexibility index (Phi) is 5.40. The van der Waals surface area contributed by atoms with Crippen LogP contribution in [0.4, 0.5) is 0 Å². The minimum Gasteiger partial charge on any atom is -0.504 e. The number of aromatic hydroxyl groups is 3. The van der Waals surface area contributed by atoms with Crippen molar-refractivity contribution in [3.05, 3.63) is 23.8 Å². The summed E-state index contributed by atoms with van der Waals surface area (Å²) in [5.41, 5.74) is -2.10. The Morgan fingerprint density at radius 2 is 1.69 bits per heavy atom. The maximum atomic E-state index is 12.0. The van der Waals surface area contributed by atoms with Crippen LogP contribution in [0.3, 0.4) is 0 Å². The molecule has 0 heterocycles. The molecule has 4 atom stereocenters. The fraction of sp³-hybridized carbons (Fsp3) is 0.375. The molecule has 10 heteroatoms. The lowest BCUT2D eigenvalue weighted by Gasteiger charge is -2.39. The van der Waals surface area contributed by atoms with E-state index in [1.807, 2.05) is 0 Å². The van der Waals surface area contributed by atoms with E-state index in [0.29, 0.717) is 0 Å². The minimum absolute atomic E-state index is 0.180. The highest BCUT2D eigenvalue weighted by molar-refractivity contribution is 5.92. The average Bonchev–Trinajstić information content (AvgIpc) is 2.55. The molecule has 1 aliphatic rings. The van der Waals surface area contributed by atoms with Crippen molar-refractivity contribution in [3.8, 4) is 17.2 Å². The molecule has 0 spiro atoms. The summed E-state index contributed by atoms with van der Waals surface area (Å²) in [6, 6.07) is 0.959. The lowest BCUT2D eigenvalue weighted by atomic mass is 9.78. The van der Waals surface area contributed by atoms with Crippen molar-refractivity contribution in [1.82, 2.24) is 5.32 Å². The van der Waals surface area contributed by atoms with Gasteiger partial charge in [0.15, 0.2) is 22.8 Å². The molecule has 0 radical (unpaired) electrons. The van der Waals surface area contributed by atoms with Gasteiger partial charge in [0.05, 0.1) is 12.1 Å². The van der Waals surface area contributed by atoms with Gasteiger partial charge in [0.25, 0.3) is 0 Å². The second-order valence-corrected chi connectivity index (χ2v) is 6.16. The van der Waals surface area contributed by atoms with Crippen molar-refractivity contribution in [1.29, 1.82) is 0 Å². The van der Waals surface area contributed by atoms with E-state index in [9.17, 15) is 40.2 Å². The quantitative estimate of drug-likeness (QED) is 0.234. The minimum atomic E-state index is -2.28. The first-order valence-electron chi connectivity index (χ1n) is 7.59. The summed E-state index contributed by atoms with van der Waals surface area (Å²) in [7, 11) is 0. The first-order chi connectivity index (χ1) is 12.0. The third kappa shape index (κ3) is 4.04. The summed E-state index contributed by atoms with van der Waals surface area (Å²) in [5.74, 6) is -4.25. The molecular formula is C16H19NO9. The van der Waals surface area contributed by atoms with Gasteiger partial charge >= 0.3 is 5.97 Å².